The molecule has 1 heterocycles. The van der Waals surface area contributed by atoms with Crippen molar-refractivity contribution in [2.75, 3.05) is 13.6 Å². The number of nitrogens with zero attached hydrogens (tertiary/aromatic N) is 2. The molecule has 19 heavy (non-hydrogen) atoms. The van der Waals surface area contributed by atoms with Crippen molar-refractivity contribution in [3.05, 3.63) is 41.1 Å². The number of hydrogen-bond donors (Lipinski definition) is 1. The molecule has 1 aliphatic rings. The summed E-state index contributed by atoms with van der Waals surface area (Å²) in [7, 11) is 1.94. The van der Waals surface area contributed by atoms with Crippen LogP contribution >= 0.6 is 11.6 Å². The van der Waals surface area contributed by atoms with E-state index in [0.717, 1.165) is 30.8 Å². The van der Waals surface area contributed by atoms with Crippen molar-refractivity contribution in [2.24, 2.45) is 4.99 Å². The lowest BCUT2D eigenvalue weighted by Crippen LogP contribution is -2.23. The Morgan fingerprint density at radius 1 is 1.47 bits per heavy atom. The van der Waals surface area contributed by atoms with Gasteiger partial charge in [0.15, 0.2) is 0 Å². The van der Waals surface area contributed by atoms with Crippen molar-refractivity contribution in [1.29, 1.82) is 0 Å². The summed E-state index contributed by atoms with van der Waals surface area (Å²) >= 11 is 6.00. The van der Waals surface area contributed by atoms with E-state index in [2.05, 4.69) is 10.3 Å². The number of carbonyl (C=O) groups is 1. The van der Waals surface area contributed by atoms with E-state index in [0.29, 0.717) is 5.02 Å². The Morgan fingerprint density at radius 2 is 2.26 bits per heavy atom. The summed E-state index contributed by atoms with van der Waals surface area (Å²) in [6.07, 6.45) is 5.22. The Balaban J connectivity index is 1.92. The van der Waals surface area contributed by atoms with Gasteiger partial charge in [0.2, 0.25) is 0 Å². The highest BCUT2D eigenvalue weighted by molar-refractivity contribution is 6.32. The van der Waals surface area contributed by atoms with E-state index in [1.165, 1.54) is 0 Å². The zero-order valence-electron chi connectivity index (χ0n) is 10.8. The second-order valence-electron chi connectivity index (χ2n) is 4.36. The van der Waals surface area contributed by atoms with Crippen LogP contribution in [0.3, 0.4) is 0 Å². The summed E-state index contributed by atoms with van der Waals surface area (Å²) in [5, 5.41) is 3.26. The van der Waals surface area contributed by atoms with Crippen LogP contribution in [0.2, 0.25) is 5.02 Å². The number of benzene rings is 1. The molecule has 1 aromatic carbocycles. The Bertz CT molecular complexity index is 525. The summed E-state index contributed by atoms with van der Waals surface area (Å²) in [6, 6.07) is 7.08. The molecule has 0 radical (unpaired) electrons. The maximum atomic E-state index is 11.6. The Labute approximate surface area is 117 Å². The third-order valence-electron chi connectivity index (χ3n) is 2.94. The third kappa shape index (κ3) is 3.83. The monoisotopic (exact) mass is 277 g/mol. The van der Waals surface area contributed by atoms with E-state index in [1.807, 2.05) is 30.1 Å². The smallest absolute Gasteiger partial charge is 0.346 e. The fraction of sp³-hybridized carbons (Fsp3) is 0.286. The van der Waals surface area contributed by atoms with Crippen molar-refractivity contribution in [2.45, 2.75) is 12.8 Å². The molecule has 1 aliphatic heterocycles. The van der Waals surface area contributed by atoms with Gasteiger partial charge in [-0.1, -0.05) is 29.8 Å². The van der Waals surface area contributed by atoms with E-state index in [4.69, 9.17) is 11.6 Å². The van der Waals surface area contributed by atoms with Crippen LogP contribution < -0.4 is 5.32 Å². The van der Waals surface area contributed by atoms with Crippen LogP contribution in [0, 0.1) is 0 Å². The molecule has 2 rings (SSSR count). The van der Waals surface area contributed by atoms with Gasteiger partial charge in [-0.2, -0.15) is 4.99 Å². The SMILES string of the molecule is CN1CCCC1=NC(=O)NC=Cc1ccccc1Cl. The molecule has 1 N–H and O–H groups in total. The number of urea groups is 1. The van der Waals surface area contributed by atoms with Gasteiger partial charge in [0.25, 0.3) is 0 Å². The van der Waals surface area contributed by atoms with E-state index in [-0.39, 0.29) is 6.03 Å². The molecule has 0 unspecified atom stereocenters. The van der Waals surface area contributed by atoms with Crippen LogP contribution in [-0.2, 0) is 0 Å². The zero-order chi connectivity index (χ0) is 13.7. The van der Waals surface area contributed by atoms with E-state index >= 15 is 0 Å². The molecule has 0 saturated carbocycles. The van der Waals surface area contributed by atoms with Crippen LogP contribution in [0.25, 0.3) is 6.08 Å². The van der Waals surface area contributed by atoms with Crippen LogP contribution in [-0.4, -0.2) is 30.4 Å². The Morgan fingerprint density at radius 3 is 2.95 bits per heavy atom. The first-order chi connectivity index (χ1) is 9.16. The highest BCUT2D eigenvalue weighted by Gasteiger charge is 2.14. The maximum absolute atomic E-state index is 11.6. The van der Waals surface area contributed by atoms with Gasteiger partial charge >= 0.3 is 6.03 Å². The molecule has 0 aliphatic carbocycles. The topological polar surface area (TPSA) is 44.7 Å². The first-order valence-corrected chi connectivity index (χ1v) is 6.55. The van der Waals surface area contributed by atoms with Gasteiger partial charge in [-0.25, -0.2) is 4.79 Å². The summed E-state index contributed by atoms with van der Waals surface area (Å²) in [6.45, 7) is 0.960. The van der Waals surface area contributed by atoms with Crippen molar-refractivity contribution in [3.8, 4) is 0 Å². The number of amidine groups is 1. The molecule has 0 spiro atoms. The Hall–Kier alpha value is -1.81. The minimum atomic E-state index is -0.355. The lowest BCUT2D eigenvalue weighted by Gasteiger charge is -2.09. The fourth-order valence-corrected chi connectivity index (χ4v) is 2.10. The predicted octanol–water partition coefficient (Wildman–Crippen LogP) is 3.14. The number of carbonyl (C=O) groups excluding carboxylic acids is 1. The van der Waals surface area contributed by atoms with Crippen molar-refractivity contribution in [1.82, 2.24) is 10.2 Å². The average Bonchev–Trinajstić information content (AvgIpc) is 2.77. The normalized spacial score (nSPS) is 17.4. The summed E-state index contributed by atoms with van der Waals surface area (Å²) < 4.78 is 0. The summed E-state index contributed by atoms with van der Waals surface area (Å²) in [4.78, 5) is 17.6. The standard InChI is InChI=1S/C14H16ClN3O/c1-18-10-4-7-13(18)17-14(19)16-9-8-11-5-2-3-6-12(11)15/h2-3,5-6,8-9H,4,7,10H2,1H3,(H,16,19). The number of amides is 2. The molecule has 1 saturated heterocycles. The zero-order valence-corrected chi connectivity index (χ0v) is 11.5. The van der Waals surface area contributed by atoms with Gasteiger partial charge in [-0.3, -0.25) is 0 Å². The number of rotatable bonds is 2. The minimum absolute atomic E-state index is 0.355. The van der Waals surface area contributed by atoms with E-state index in [9.17, 15) is 4.79 Å². The fourth-order valence-electron chi connectivity index (χ4n) is 1.90. The Kier molecular flexibility index (Phi) is 4.58. The van der Waals surface area contributed by atoms with Crippen LogP contribution in [0.15, 0.2) is 35.5 Å². The first-order valence-electron chi connectivity index (χ1n) is 6.17. The molecule has 5 heteroatoms. The van der Waals surface area contributed by atoms with Crippen LogP contribution in [0.5, 0.6) is 0 Å². The first kappa shape index (κ1) is 13.6. The highest BCUT2D eigenvalue weighted by atomic mass is 35.5. The maximum Gasteiger partial charge on any atom is 0.346 e. The summed E-state index contributed by atoms with van der Waals surface area (Å²) in [5.41, 5.74) is 0.857. The van der Waals surface area contributed by atoms with Gasteiger partial charge < -0.3 is 10.2 Å². The molecule has 0 bridgehead atoms. The number of nitrogens with one attached hydrogen (secondary N) is 1. The molecular weight excluding hydrogens is 262 g/mol. The predicted molar refractivity (Wildman–Crippen MR) is 78.3 cm³/mol. The highest BCUT2D eigenvalue weighted by Crippen LogP contribution is 2.15. The average molecular weight is 278 g/mol. The van der Waals surface area contributed by atoms with Gasteiger partial charge in [0.1, 0.15) is 5.84 Å². The molecule has 0 aromatic heterocycles. The van der Waals surface area contributed by atoms with E-state index in [1.54, 1.807) is 18.3 Å². The van der Waals surface area contributed by atoms with Gasteiger partial charge in [-0.05, 0) is 24.1 Å². The molecular formula is C14H16ClN3O. The second-order valence-corrected chi connectivity index (χ2v) is 4.76. The molecule has 4 nitrogen and oxygen atoms in total. The van der Waals surface area contributed by atoms with Gasteiger partial charge in [-0.15, -0.1) is 0 Å². The molecule has 0 atom stereocenters. The molecule has 100 valence electrons. The van der Waals surface area contributed by atoms with Gasteiger partial charge in [0.05, 0.1) is 0 Å². The molecule has 2 amide bonds. The lowest BCUT2D eigenvalue weighted by atomic mass is 10.2. The second kappa shape index (κ2) is 6.38. The van der Waals surface area contributed by atoms with Crippen molar-refractivity contribution >= 4 is 29.5 Å². The lowest BCUT2D eigenvalue weighted by molar-refractivity contribution is 0.252. The molecule has 1 aromatic rings. The molecule has 1 fully saturated rings. The minimum Gasteiger partial charge on any atom is -0.363 e. The number of likely N-dealkylation sites (tertiary alicyclic amines) is 1. The quantitative estimate of drug-likeness (QED) is 0.902. The number of halogens is 1. The van der Waals surface area contributed by atoms with Crippen molar-refractivity contribution in [3.63, 3.8) is 0 Å². The van der Waals surface area contributed by atoms with Crippen LogP contribution in [0.1, 0.15) is 18.4 Å². The van der Waals surface area contributed by atoms with Crippen molar-refractivity contribution < 1.29 is 4.79 Å². The largest absolute Gasteiger partial charge is 0.363 e. The van der Waals surface area contributed by atoms with Crippen LogP contribution in [0.4, 0.5) is 4.79 Å². The number of aliphatic imine (C=N–C) groups is 1. The van der Waals surface area contributed by atoms with E-state index < -0.39 is 0 Å². The van der Waals surface area contributed by atoms with Gasteiger partial charge in [0, 0.05) is 31.2 Å². The third-order valence-corrected chi connectivity index (χ3v) is 3.28. The number of hydrogen-bond acceptors (Lipinski definition) is 1. The summed E-state index contributed by atoms with van der Waals surface area (Å²) in [5.74, 6) is 0.837.